The van der Waals surface area contributed by atoms with Crippen LogP contribution in [-0.4, -0.2) is 24.0 Å². The summed E-state index contributed by atoms with van der Waals surface area (Å²) in [5.74, 6) is 0. The van der Waals surface area contributed by atoms with Crippen LogP contribution in [0.25, 0.3) is 5.52 Å². The number of alkyl halides is 3. The van der Waals surface area contributed by atoms with E-state index in [1.165, 1.54) is 17.0 Å². The molecule has 0 radical (unpaired) electrons. The van der Waals surface area contributed by atoms with Crippen LogP contribution in [0.5, 0.6) is 0 Å². The lowest BCUT2D eigenvalue weighted by Crippen LogP contribution is -2.22. The Morgan fingerprint density at radius 3 is 2.68 bits per heavy atom. The lowest BCUT2D eigenvalue weighted by molar-refractivity contribution is -0.141. The molecule has 0 spiro atoms. The van der Waals surface area contributed by atoms with Gasteiger partial charge < -0.3 is 4.57 Å². The van der Waals surface area contributed by atoms with Crippen LogP contribution in [0.15, 0.2) is 35.6 Å². The van der Waals surface area contributed by atoms with E-state index in [9.17, 15) is 18.0 Å². The number of nitrogens with zero attached hydrogens (tertiary/aromatic N) is 5. The van der Waals surface area contributed by atoms with Crippen LogP contribution in [0.4, 0.5) is 13.2 Å². The number of aromatic nitrogens is 5. The average molecular weight is 311 g/mol. The SMILES string of the molecule is Cn1cc(CCn2ccn3nc(C(F)(F)F)cc3c2=O)cn1. The molecule has 9 heteroatoms. The first-order valence-electron chi connectivity index (χ1n) is 6.48. The summed E-state index contributed by atoms with van der Waals surface area (Å²) in [6, 6.07) is 0.767. The summed E-state index contributed by atoms with van der Waals surface area (Å²) in [5, 5.41) is 7.39. The predicted molar refractivity (Wildman–Crippen MR) is 71.4 cm³/mol. The second-order valence-electron chi connectivity index (χ2n) is 4.93. The largest absolute Gasteiger partial charge is 0.435 e. The fraction of sp³-hybridized carbons (Fsp3) is 0.308. The third kappa shape index (κ3) is 2.61. The molecule has 0 saturated heterocycles. The van der Waals surface area contributed by atoms with Gasteiger partial charge in [-0.3, -0.25) is 9.48 Å². The highest BCUT2D eigenvalue weighted by Gasteiger charge is 2.34. The lowest BCUT2D eigenvalue weighted by atomic mass is 10.2. The lowest BCUT2D eigenvalue weighted by Gasteiger charge is -2.04. The Morgan fingerprint density at radius 2 is 2.05 bits per heavy atom. The van der Waals surface area contributed by atoms with Gasteiger partial charge in [-0.1, -0.05) is 0 Å². The van der Waals surface area contributed by atoms with Gasteiger partial charge in [0.05, 0.1) is 6.20 Å². The Kier molecular flexibility index (Phi) is 3.27. The topological polar surface area (TPSA) is 57.1 Å². The first kappa shape index (κ1) is 14.4. The quantitative estimate of drug-likeness (QED) is 0.736. The van der Waals surface area contributed by atoms with Crippen LogP contribution in [0.3, 0.4) is 0 Å². The minimum Gasteiger partial charge on any atom is -0.312 e. The number of fused-ring (bicyclic) bond motifs is 1. The highest BCUT2D eigenvalue weighted by Crippen LogP contribution is 2.27. The smallest absolute Gasteiger partial charge is 0.312 e. The van der Waals surface area contributed by atoms with Crippen molar-refractivity contribution in [2.75, 3.05) is 0 Å². The molecule has 3 aromatic heterocycles. The van der Waals surface area contributed by atoms with Crippen LogP contribution in [-0.2, 0) is 26.2 Å². The van der Waals surface area contributed by atoms with Gasteiger partial charge in [0.15, 0.2) is 5.69 Å². The van der Waals surface area contributed by atoms with E-state index in [0.717, 1.165) is 16.1 Å². The molecule has 0 atom stereocenters. The minimum atomic E-state index is -4.57. The van der Waals surface area contributed by atoms with Crippen molar-refractivity contribution in [3.8, 4) is 0 Å². The predicted octanol–water partition coefficient (Wildman–Crippen LogP) is 1.49. The molecule has 0 aliphatic carbocycles. The van der Waals surface area contributed by atoms with Gasteiger partial charge in [-0.15, -0.1) is 0 Å². The molecule has 22 heavy (non-hydrogen) atoms. The summed E-state index contributed by atoms with van der Waals surface area (Å²) in [5.41, 5.74) is -0.733. The molecule has 3 aromatic rings. The summed E-state index contributed by atoms with van der Waals surface area (Å²) < 4.78 is 41.9. The molecule has 6 nitrogen and oxygen atoms in total. The van der Waals surface area contributed by atoms with Gasteiger partial charge in [-0.25, -0.2) is 4.52 Å². The molecule has 0 aromatic carbocycles. The van der Waals surface area contributed by atoms with Gasteiger partial charge in [0, 0.05) is 38.2 Å². The maximum atomic E-state index is 12.6. The first-order valence-corrected chi connectivity index (χ1v) is 6.48. The summed E-state index contributed by atoms with van der Waals surface area (Å²) in [6.45, 7) is 0.355. The van der Waals surface area contributed by atoms with Crippen molar-refractivity contribution in [2.24, 2.45) is 7.05 Å². The summed E-state index contributed by atoms with van der Waals surface area (Å²) in [6.07, 6.45) is 2.27. The molecule has 0 fully saturated rings. The van der Waals surface area contributed by atoms with E-state index in [0.29, 0.717) is 13.0 Å². The number of aryl methyl sites for hydroxylation is 3. The van der Waals surface area contributed by atoms with Crippen molar-refractivity contribution in [3.63, 3.8) is 0 Å². The zero-order chi connectivity index (χ0) is 15.9. The molecule has 0 aliphatic rings. The van der Waals surface area contributed by atoms with Gasteiger partial charge in [0.2, 0.25) is 0 Å². The third-order valence-corrected chi connectivity index (χ3v) is 3.29. The maximum Gasteiger partial charge on any atom is 0.435 e. The van der Waals surface area contributed by atoms with Crippen molar-refractivity contribution in [3.05, 3.63) is 52.5 Å². The zero-order valence-corrected chi connectivity index (χ0v) is 11.6. The number of hydrogen-bond acceptors (Lipinski definition) is 3. The molecule has 3 rings (SSSR count). The molecular formula is C13H12F3N5O. The van der Waals surface area contributed by atoms with Gasteiger partial charge >= 0.3 is 6.18 Å². The van der Waals surface area contributed by atoms with E-state index in [1.54, 1.807) is 17.9 Å². The molecule has 3 heterocycles. The molecule has 0 unspecified atom stereocenters. The standard InChI is InChI=1S/C13H12F3N5O/c1-19-8-9(7-17-19)2-3-20-4-5-21-10(12(20)22)6-11(18-21)13(14,15)16/h4-8H,2-3H2,1H3. The third-order valence-electron chi connectivity index (χ3n) is 3.29. The van der Waals surface area contributed by atoms with Gasteiger partial charge in [0.1, 0.15) is 5.52 Å². The molecule has 0 saturated carbocycles. The minimum absolute atomic E-state index is 0.0963. The van der Waals surface area contributed by atoms with E-state index >= 15 is 0 Å². The highest BCUT2D eigenvalue weighted by molar-refractivity contribution is 5.45. The normalized spacial score (nSPS) is 12.2. The number of rotatable bonds is 3. The molecule has 0 bridgehead atoms. The summed E-state index contributed by atoms with van der Waals surface area (Å²) >= 11 is 0. The van der Waals surface area contributed by atoms with Crippen LogP contribution >= 0.6 is 0 Å². The monoisotopic (exact) mass is 311 g/mol. The van der Waals surface area contributed by atoms with Crippen molar-refractivity contribution in [2.45, 2.75) is 19.1 Å². The second kappa shape index (κ2) is 5.00. The zero-order valence-electron chi connectivity index (χ0n) is 11.6. The Labute approximate surface area is 122 Å². The second-order valence-corrected chi connectivity index (χ2v) is 4.93. The van der Waals surface area contributed by atoms with E-state index in [2.05, 4.69) is 10.2 Å². The van der Waals surface area contributed by atoms with Crippen LogP contribution in [0.2, 0.25) is 0 Å². The van der Waals surface area contributed by atoms with Crippen molar-refractivity contribution >= 4 is 5.52 Å². The van der Waals surface area contributed by atoms with E-state index in [-0.39, 0.29) is 5.52 Å². The van der Waals surface area contributed by atoms with Crippen LogP contribution < -0.4 is 5.56 Å². The van der Waals surface area contributed by atoms with Crippen LogP contribution in [0, 0.1) is 0 Å². The Hall–Kier alpha value is -2.58. The van der Waals surface area contributed by atoms with Crippen molar-refractivity contribution < 1.29 is 13.2 Å². The van der Waals surface area contributed by atoms with Crippen molar-refractivity contribution in [1.82, 2.24) is 24.0 Å². The van der Waals surface area contributed by atoms with E-state index in [1.807, 2.05) is 6.20 Å². The Balaban J connectivity index is 1.91. The Morgan fingerprint density at radius 1 is 1.27 bits per heavy atom. The molecule has 0 aliphatic heterocycles. The summed E-state index contributed by atoms with van der Waals surface area (Å²) in [4.78, 5) is 12.2. The summed E-state index contributed by atoms with van der Waals surface area (Å²) in [7, 11) is 1.78. The maximum absolute atomic E-state index is 12.6. The fourth-order valence-corrected chi connectivity index (χ4v) is 2.19. The molecule has 0 amide bonds. The van der Waals surface area contributed by atoms with Gasteiger partial charge in [-0.2, -0.15) is 23.4 Å². The molecule has 0 N–H and O–H groups in total. The van der Waals surface area contributed by atoms with Gasteiger partial charge in [0.25, 0.3) is 5.56 Å². The molecule has 116 valence electrons. The fourth-order valence-electron chi connectivity index (χ4n) is 2.19. The highest BCUT2D eigenvalue weighted by atomic mass is 19.4. The first-order chi connectivity index (χ1) is 10.3. The van der Waals surface area contributed by atoms with E-state index < -0.39 is 17.4 Å². The molecular weight excluding hydrogens is 299 g/mol. The Bertz CT molecular complexity index is 874. The number of hydrogen-bond donors (Lipinski definition) is 0. The van der Waals surface area contributed by atoms with Gasteiger partial charge in [-0.05, 0) is 12.0 Å². The number of halogens is 3. The van der Waals surface area contributed by atoms with E-state index in [4.69, 9.17) is 0 Å². The van der Waals surface area contributed by atoms with Crippen molar-refractivity contribution in [1.29, 1.82) is 0 Å². The van der Waals surface area contributed by atoms with Crippen LogP contribution in [0.1, 0.15) is 11.3 Å². The average Bonchev–Trinajstić information content (AvgIpc) is 3.04.